The summed E-state index contributed by atoms with van der Waals surface area (Å²) >= 11 is 0. The fraction of sp³-hybridized carbons (Fsp3) is 0.429. The number of nitrogens with zero attached hydrogens (tertiary/aromatic N) is 3. The van der Waals surface area contributed by atoms with Crippen LogP contribution in [0.25, 0.3) is 11.4 Å². The predicted molar refractivity (Wildman–Crippen MR) is 77.8 cm³/mol. The standard InChI is InChI=1S/C14H18N4O3/c1-10(2)15-8-4-7-13-16-14(17-21-13)11-5-3-6-12(9-11)18(19)20/h3,5-6,9-10,15H,4,7-8H2,1-2H3. The lowest BCUT2D eigenvalue weighted by atomic mass is 10.2. The highest BCUT2D eigenvalue weighted by atomic mass is 16.6. The van der Waals surface area contributed by atoms with E-state index in [0.717, 1.165) is 13.0 Å². The molecule has 7 nitrogen and oxygen atoms in total. The van der Waals surface area contributed by atoms with Crippen molar-refractivity contribution < 1.29 is 9.45 Å². The average Bonchev–Trinajstić information content (AvgIpc) is 2.92. The van der Waals surface area contributed by atoms with Gasteiger partial charge in [0.15, 0.2) is 0 Å². The quantitative estimate of drug-likeness (QED) is 0.478. The fourth-order valence-electron chi connectivity index (χ4n) is 1.86. The maximum Gasteiger partial charge on any atom is 0.270 e. The number of benzene rings is 1. The average molecular weight is 290 g/mol. The Morgan fingerprint density at radius 2 is 2.24 bits per heavy atom. The minimum absolute atomic E-state index is 0.0139. The van der Waals surface area contributed by atoms with Gasteiger partial charge in [0.1, 0.15) is 0 Å². The summed E-state index contributed by atoms with van der Waals surface area (Å²) in [4.78, 5) is 14.6. The van der Waals surface area contributed by atoms with Crippen molar-refractivity contribution in [2.24, 2.45) is 0 Å². The number of hydrogen-bond donors (Lipinski definition) is 1. The molecule has 0 radical (unpaired) electrons. The predicted octanol–water partition coefficient (Wildman–Crippen LogP) is 2.58. The number of aromatic nitrogens is 2. The summed E-state index contributed by atoms with van der Waals surface area (Å²) in [6, 6.07) is 6.66. The van der Waals surface area contributed by atoms with Gasteiger partial charge in [0.2, 0.25) is 11.7 Å². The second-order valence-electron chi connectivity index (χ2n) is 5.03. The van der Waals surface area contributed by atoms with Crippen LogP contribution in [-0.2, 0) is 6.42 Å². The van der Waals surface area contributed by atoms with Gasteiger partial charge in [-0.1, -0.05) is 31.1 Å². The molecule has 112 valence electrons. The van der Waals surface area contributed by atoms with Gasteiger partial charge in [-0.05, 0) is 13.0 Å². The summed E-state index contributed by atoms with van der Waals surface area (Å²) in [5.74, 6) is 0.924. The van der Waals surface area contributed by atoms with Crippen molar-refractivity contribution in [1.82, 2.24) is 15.5 Å². The van der Waals surface area contributed by atoms with Gasteiger partial charge in [-0.15, -0.1) is 0 Å². The minimum Gasteiger partial charge on any atom is -0.339 e. The van der Waals surface area contributed by atoms with E-state index in [-0.39, 0.29) is 5.69 Å². The Morgan fingerprint density at radius 1 is 1.43 bits per heavy atom. The monoisotopic (exact) mass is 290 g/mol. The molecule has 1 N–H and O–H groups in total. The SMILES string of the molecule is CC(C)NCCCc1nc(-c2cccc([N+](=O)[O-])c2)no1. The Morgan fingerprint density at radius 3 is 2.95 bits per heavy atom. The summed E-state index contributed by atoms with van der Waals surface area (Å²) < 4.78 is 5.17. The Balaban J connectivity index is 1.99. The summed E-state index contributed by atoms with van der Waals surface area (Å²) in [5, 5.41) is 17.9. The van der Waals surface area contributed by atoms with Crippen molar-refractivity contribution in [1.29, 1.82) is 0 Å². The largest absolute Gasteiger partial charge is 0.339 e. The van der Waals surface area contributed by atoms with E-state index in [1.54, 1.807) is 12.1 Å². The number of aryl methyl sites for hydroxylation is 1. The Kier molecular flexibility index (Phi) is 4.99. The molecule has 21 heavy (non-hydrogen) atoms. The van der Waals surface area contributed by atoms with E-state index in [1.165, 1.54) is 12.1 Å². The number of rotatable bonds is 7. The third-order valence-corrected chi connectivity index (χ3v) is 2.90. The first kappa shape index (κ1) is 15.1. The van der Waals surface area contributed by atoms with E-state index >= 15 is 0 Å². The first-order chi connectivity index (χ1) is 10.1. The maximum absolute atomic E-state index is 10.8. The van der Waals surface area contributed by atoms with E-state index in [4.69, 9.17) is 4.52 Å². The highest BCUT2D eigenvalue weighted by Crippen LogP contribution is 2.21. The molecule has 0 bridgehead atoms. The molecule has 1 heterocycles. The van der Waals surface area contributed by atoms with Gasteiger partial charge < -0.3 is 9.84 Å². The van der Waals surface area contributed by atoms with Crippen LogP contribution in [0.1, 0.15) is 26.2 Å². The van der Waals surface area contributed by atoms with E-state index in [0.29, 0.717) is 29.7 Å². The van der Waals surface area contributed by atoms with Crippen molar-refractivity contribution >= 4 is 5.69 Å². The molecule has 0 saturated heterocycles. The van der Waals surface area contributed by atoms with Gasteiger partial charge in [-0.25, -0.2) is 0 Å². The normalized spacial score (nSPS) is 11.0. The number of nitro benzene ring substituents is 1. The molecule has 0 fully saturated rings. The maximum atomic E-state index is 10.8. The number of nitro groups is 1. The topological polar surface area (TPSA) is 94.1 Å². The second-order valence-corrected chi connectivity index (χ2v) is 5.03. The molecular formula is C14H18N4O3. The lowest BCUT2D eigenvalue weighted by molar-refractivity contribution is -0.384. The summed E-state index contributed by atoms with van der Waals surface area (Å²) in [7, 11) is 0. The molecule has 1 aromatic heterocycles. The highest BCUT2D eigenvalue weighted by Gasteiger charge is 2.12. The third-order valence-electron chi connectivity index (χ3n) is 2.90. The molecule has 0 spiro atoms. The van der Waals surface area contributed by atoms with Gasteiger partial charge in [0.05, 0.1) is 4.92 Å². The van der Waals surface area contributed by atoms with Gasteiger partial charge in [-0.2, -0.15) is 4.98 Å². The Hall–Kier alpha value is -2.28. The highest BCUT2D eigenvalue weighted by molar-refractivity contribution is 5.58. The first-order valence-corrected chi connectivity index (χ1v) is 6.87. The minimum atomic E-state index is -0.442. The van der Waals surface area contributed by atoms with Crippen LogP contribution in [0.15, 0.2) is 28.8 Å². The smallest absolute Gasteiger partial charge is 0.270 e. The van der Waals surface area contributed by atoms with Crippen LogP contribution in [0.3, 0.4) is 0 Å². The van der Waals surface area contributed by atoms with Crippen molar-refractivity contribution in [3.05, 3.63) is 40.3 Å². The molecule has 2 aromatic rings. The summed E-state index contributed by atoms with van der Waals surface area (Å²) in [6.07, 6.45) is 1.58. The van der Waals surface area contributed by atoms with Crippen LogP contribution in [0.4, 0.5) is 5.69 Å². The van der Waals surface area contributed by atoms with E-state index in [9.17, 15) is 10.1 Å². The van der Waals surface area contributed by atoms with Crippen molar-refractivity contribution in [3.8, 4) is 11.4 Å². The molecule has 0 unspecified atom stereocenters. The third kappa shape index (κ3) is 4.35. The van der Waals surface area contributed by atoms with Crippen LogP contribution in [-0.4, -0.2) is 27.7 Å². The molecule has 0 saturated carbocycles. The van der Waals surface area contributed by atoms with Crippen LogP contribution in [0.5, 0.6) is 0 Å². The Bertz CT molecular complexity index is 610. The molecular weight excluding hydrogens is 272 g/mol. The van der Waals surface area contributed by atoms with Gasteiger partial charge >= 0.3 is 0 Å². The number of hydrogen-bond acceptors (Lipinski definition) is 6. The molecule has 0 aliphatic carbocycles. The first-order valence-electron chi connectivity index (χ1n) is 6.87. The molecule has 7 heteroatoms. The zero-order valence-corrected chi connectivity index (χ0v) is 12.1. The Labute approximate surface area is 122 Å². The van der Waals surface area contributed by atoms with Gasteiger partial charge in [0.25, 0.3) is 5.69 Å². The van der Waals surface area contributed by atoms with Crippen LogP contribution >= 0.6 is 0 Å². The van der Waals surface area contributed by atoms with Crippen LogP contribution in [0.2, 0.25) is 0 Å². The van der Waals surface area contributed by atoms with E-state index in [1.807, 2.05) is 0 Å². The fourth-order valence-corrected chi connectivity index (χ4v) is 1.86. The van der Waals surface area contributed by atoms with E-state index < -0.39 is 4.92 Å². The summed E-state index contributed by atoms with van der Waals surface area (Å²) in [5.41, 5.74) is 0.597. The molecule has 1 aromatic carbocycles. The molecule has 0 aliphatic rings. The molecule has 0 atom stereocenters. The zero-order valence-electron chi connectivity index (χ0n) is 12.1. The van der Waals surface area contributed by atoms with Crippen LogP contribution < -0.4 is 5.32 Å². The van der Waals surface area contributed by atoms with Crippen LogP contribution in [0, 0.1) is 10.1 Å². The van der Waals surface area contributed by atoms with Crippen molar-refractivity contribution in [2.45, 2.75) is 32.7 Å². The molecule has 0 amide bonds. The van der Waals surface area contributed by atoms with E-state index in [2.05, 4.69) is 29.3 Å². The van der Waals surface area contributed by atoms with Crippen molar-refractivity contribution in [2.75, 3.05) is 6.54 Å². The number of nitrogens with one attached hydrogen (secondary N) is 1. The lowest BCUT2D eigenvalue weighted by Crippen LogP contribution is -2.23. The van der Waals surface area contributed by atoms with Crippen molar-refractivity contribution in [3.63, 3.8) is 0 Å². The van der Waals surface area contributed by atoms with Gasteiger partial charge in [-0.3, -0.25) is 10.1 Å². The van der Waals surface area contributed by atoms with Gasteiger partial charge in [0, 0.05) is 30.2 Å². The lowest BCUT2D eigenvalue weighted by Gasteiger charge is -2.05. The molecule has 0 aliphatic heterocycles. The number of non-ortho nitro benzene ring substituents is 1. The molecule has 2 rings (SSSR count). The zero-order chi connectivity index (χ0) is 15.2. The summed E-state index contributed by atoms with van der Waals surface area (Å²) in [6.45, 7) is 5.06. The second kappa shape index (κ2) is 6.94.